The molecule has 0 radical (unpaired) electrons. The van der Waals surface area contributed by atoms with Gasteiger partial charge in [0, 0.05) is 31.5 Å². The number of hydrogen-bond donors (Lipinski definition) is 1. The molecule has 0 aliphatic carbocycles. The van der Waals surface area contributed by atoms with Crippen LogP contribution in [0.15, 0.2) is 42.5 Å². The van der Waals surface area contributed by atoms with Crippen molar-refractivity contribution in [3.8, 4) is 0 Å². The van der Waals surface area contributed by atoms with Crippen LogP contribution in [0.2, 0.25) is 0 Å². The third kappa shape index (κ3) is 3.29. The second-order valence-corrected chi connectivity index (χ2v) is 5.32. The van der Waals surface area contributed by atoms with Gasteiger partial charge in [0.1, 0.15) is 5.82 Å². The highest BCUT2D eigenvalue weighted by molar-refractivity contribution is 5.62. The van der Waals surface area contributed by atoms with Crippen LogP contribution in [0.1, 0.15) is 24.1 Å². The van der Waals surface area contributed by atoms with Crippen LogP contribution in [0, 0.1) is 12.7 Å². The van der Waals surface area contributed by atoms with Gasteiger partial charge < -0.3 is 10.2 Å². The largest absolute Gasteiger partial charge is 0.378 e. The minimum atomic E-state index is -0.200. The Morgan fingerprint density at radius 1 is 1.10 bits per heavy atom. The average Bonchev–Trinajstić information content (AvgIpc) is 2.40. The van der Waals surface area contributed by atoms with Gasteiger partial charge in [-0.2, -0.15) is 0 Å². The molecule has 0 aromatic heterocycles. The molecule has 2 aromatic carbocycles. The summed E-state index contributed by atoms with van der Waals surface area (Å²) >= 11 is 0. The molecular formula is C17H21FN2. The summed E-state index contributed by atoms with van der Waals surface area (Å²) in [6.45, 7) is 4.12. The predicted molar refractivity (Wildman–Crippen MR) is 83.9 cm³/mol. The molecule has 0 bridgehead atoms. The normalized spacial score (nSPS) is 12.1. The fourth-order valence-electron chi connectivity index (χ4n) is 2.29. The van der Waals surface area contributed by atoms with Crippen molar-refractivity contribution in [2.24, 2.45) is 0 Å². The maximum absolute atomic E-state index is 13.3. The molecule has 20 heavy (non-hydrogen) atoms. The molecule has 0 spiro atoms. The molecule has 3 heteroatoms. The van der Waals surface area contributed by atoms with Crippen LogP contribution in [-0.4, -0.2) is 14.1 Å². The van der Waals surface area contributed by atoms with E-state index in [0.29, 0.717) is 0 Å². The Bertz CT molecular complexity index is 593. The van der Waals surface area contributed by atoms with Gasteiger partial charge in [-0.3, -0.25) is 0 Å². The minimum absolute atomic E-state index is 0.0587. The van der Waals surface area contributed by atoms with Crippen LogP contribution >= 0.6 is 0 Å². The highest BCUT2D eigenvalue weighted by Gasteiger charge is 2.08. The summed E-state index contributed by atoms with van der Waals surface area (Å²) < 4.78 is 13.3. The fraction of sp³-hybridized carbons (Fsp3) is 0.294. The van der Waals surface area contributed by atoms with Gasteiger partial charge in [-0.1, -0.05) is 18.2 Å². The van der Waals surface area contributed by atoms with E-state index in [4.69, 9.17) is 0 Å². The zero-order valence-corrected chi connectivity index (χ0v) is 12.4. The van der Waals surface area contributed by atoms with Crippen molar-refractivity contribution in [2.75, 3.05) is 24.3 Å². The zero-order chi connectivity index (χ0) is 14.7. The number of aryl methyl sites for hydroxylation is 1. The van der Waals surface area contributed by atoms with Crippen LogP contribution < -0.4 is 10.2 Å². The van der Waals surface area contributed by atoms with Crippen molar-refractivity contribution in [2.45, 2.75) is 19.9 Å². The molecule has 1 N–H and O–H groups in total. The summed E-state index contributed by atoms with van der Waals surface area (Å²) in [5, 5.41) is 3.41. The molecule has 0 aliphatic heterocycles. The van der Waals surface area contributed by atoms with Gasteiger partial charge in [-0.25, -0.2) is 4.39 Å². The highest BCUT2D eigenvalue weighted by Crippen LogP contribution is 2.26. The maximum atomic E-state index is 13.3. The van der Waals surface area contributed by atoms with Gasteiger partial charge in [0.25, 0.3) is 0 Å². The van der Waals surface area contributed by atoms with Crippen molar-refractivity contribution in [3.63, 3.8) is 0 Å². The smallest absolute Gasteiger partial charge is 0.123 e. The quantitative estimate of drug-likeness (QED) is 0.889. The molecule has 1 atom stereocenters. The Hall–Kier alpha value is -2.03. The summed E-state index contributed by atoms with van der Waals surface area (Å²) in [6.07, 6.45) is 0. The lowest BCUT2D eigenvalue weighted by Gasteiger charge is -2.20. The zero-order valence-electron chi connectivity index (χ0n) is 12.4. The number of benzene rings is 2. The standard InChI is InChI=1S/C17H21FN2/c1-12-8-9-16(11-17(12)20(3)4)19-13(2)14-6-5-7-15(18)10-14/h5-11,13,19H,1-4H3. The lowest BCUT2D eigenvalue weighted by molar-refractivity contribution is 0.623. The van der Waals surface area contributed by atoms with Crippen LogP contribution in [0.3, 0.4) is 0 Å². The van der Waals surface area contributed by atoms with Crippen molar-refractivity contribution in [1.29, 1.82) is 0 Å². The van der Waals surface area contributed by atoms with E-state index in [1.165, 1.54) is 17.3 Å². The molecule has 2 nitrogen and oxygen atoms in total. The third-order valence-corrected chi connectivity index (χ3v) is 3.42. The van der Waals surface area contributed by atoms with Gasteiger partial charge in [-0.15, -0.1) is 0 Å². The molecule has 0 saturated carbocycles. The Morgan fingerprint density at radius 2 is 1.85 bits per heavy atom. The first-order chi connectivity index (χ1) is 9.47. The van der Waals surface area contributed by atoms with E-state index in [0.717, 1.165) is 11.3 Å². The van der Waals surface area contributed by atoms with E-state index in [1.807, 2.05) is 27.1 Å². The van der Waals surface area contributed by atoms with Crippen LogP contribution in [0.4, 0.5) is 15.8 Å². The second-order valence-electron chi connectivity index (χ2n) is 5.32. The van der Waals surface area contributed by atoms with Crippen LogP contribution in [0.5, 0.6) is 0 Å². The average molecular weight is 272 g/mol. The third-order valence-electron chi connectivity index (χ3n) is 3.42. The van der Waals surface area contributed by atoms with E-state index in [9.17, 15) is 4.39 Å². The highest BCUT2D eigenvalue weighted by atomic mass is 19.1. The minimum Gasteiger partial charge on any atom is -0.378 e. The number of nitrogens with zero attached hydrogens (tertiary/aromatic N) is 1. The predicted octanol–water partition coefficient (Wildman–Crippen LogP) is 4.37. The van der Waals surface area contributed by atoms with Crippen LogP contribution in [-0.2, 0) is 0 Å². The Kier molecular flexibility index (Phi) is 4.28. The summed E-state index contributed by atoms with van der Waals surface area (Å²) in [4.78, 5) is 2.09. The van der Waals surface area contributed by atoms with Gasteiger partial charge in [-0.05, 0) is 49.2 Å². The van der Waals surface area contributed by atoms with Gasteiger partial charge in [0.2, 0.25) is 0 Å². The summed E-state index contributed by atoms with van der Waals surface area (Å²) in [7, 11) is 4.06. The fourth-order valence-corrected chi connectivity index (χ4v) is 2.29. The molecule has 2 rings (SSSR count). The Morgan fingerprint density at radius 3 is 2.50 bits per heavy atom. The van der Waals surface area contributed by atoms with Crippen molar-refractivity contribution in [3.05, 3.63) is 59.4 Å². The van der Waals surface area contributed by atoms with E-state index in [-0.39, 0.29) is 11.9 Å². The number of nitrogens with one attached hydrogen (secondary N) is 1. The second kappa shape index (κ2) is 5.95. The Balaban J connectivity index is 2.19. The SMILES string of the molecule is Cc1ccc(NC(C)c2cccc(F)c2)cc1N(C)C. The summed E-state index contributed by atoms with van der Waals surface area (Å²) in [5.41, 5.74) is 4.40. The number of anilines is 2. The van der Waals surface area contributed by atoms with Crippen LogP contribution in [0.25, 0.3) is 0 Å². The van der Waals surface area contributed by atoms with E-state index in [2.05, 4.69) is 35.3 Å². The number of rotatable bonds is 4. The van der Waals surface area contributed by atoms with Gasteiger partial charge in [0.05, 0.1) is 0 Å². The number of halogens is 1. The van der Waals surface area contributed by atoms with E-state index >= 15 is 0 Å². The van der Waals surface area contributed by atoms with Gasteiger partial charge >= 0.3 is 0 Å². The van der Waals surface area contributed by atoms with Crippen molar-refractivity contribution < 1.29 is 4.39 Å². The molecule has 0 fully saturated rings. The molecular weight excluding hydrogens is 251 g/mol. The van der Waals surface area contributed by atoms with E-state index < -0.39 is 0 Å². The summed E-state index contributed by atoms with van der Waals surface area (Å²) in [5.74, 6) is -0.200. The molecule has 2 aromatic rings. The summed E-state index contributed by atoms with van der Waals surface area (Å²) in [6, 6.07) is 13.0. The van der Waals surface area contributed by atoms with Crippen molar-refractivity contribution >= 4 is 11.4 Å². The molecule has 1 unspecified atom stereocenters. The van der Waals surface area contributed by atoms with E-state index in [1.54, 1.807) is 12.1 Å². The molecule has 0 amide bonds. The first-order valence-corrected chi connectivity index (χ1v) is 6.77. The molecule has 106 valence electrons. The first-order valence-electron chi connectivity index (χ1n) is 6.77. The lowest BCUT2D eigenvalue weighted by atomic mass is 10.1. The molecule has 0 saturated heterocycles. The topological polar surface area (TPSA) is 15.3 Å². The Labute approximate surface area is 120 Å². The maximum Gasteiger partial charge on any atom is 0.123 e. The molecule has 0 aliphatic rings. The number of hydrogen-bond acceptors (Lipinski definition) is 2. The monoisotopic (exact) mass is 272 g/mol. The first kappa shape index (κ1) is 14.4. The molecule has 0 heterocycles. The van der Waals surface area contributed by atoms with Crippen molar-refractivity contribution in [1.82, 2.24) is 0 Å². The lowest BCUT2D eigenvalue weighted by Crippen LogP contribution is -2.12. The van der Waals surface area contributed by atoms with Gasteiger partial charge in [0.15, 0.2) is 0 Å².